The van der Waals surface area contributed by atoms with Crippen LogP contribution in [0, 0.1) is 0 Å². The van der Waals surface area contributed by atoms with Crippen molar-refractivity contribution >= 4 is 16.9 Å². The molecule has 0 spiro atoms. The van der Waals surface area contributed by atoms with Gasteiger partial charge in [-0.15, -0.1) is 0 Å². The number of hydrogen-bond acceptors (Lipinski definition) is 2. The summed E-state index contributed by atoms with van der Waals surface area (Å²) in [6.45, 7) is 0.113. The molecule has 4 heteroatoms. The summed E-state index contributed by atoms with van der Waals surface area (Å²) in [4.78, 5) is 14.1. The lowest BCUT2D eigenvalue weighted by Gasteiger charge is -2.01. The Morgan fingerprint density at radius 3 is 2.76 bits per heavy atom. The lowest BCUT2D eigenvalue weighted by molar-refractivity contribution is -0.136. The molecule has 1 aromatic heterocycles. The number of nitrogens with one attached hydrogen (secondary N) is 1. The van der Waals surface area contributed by atoms with Crippen molar-refractivity contribution in [1.29, 1.82) is 0 Å². The number of carboxylic acid groups (broad SMARTS) is 1. The van der Waals surface area contributed by atoms with E-state index >= 15 is 0 Å². The Bertz CT molecular complexity index is 530. The summed E-state index contributed by atoms with van der Waals surface area (Å²) in [5.74, 6) is -0.833. The Morgan fingerprint density at radius 1 is 1.29 bits per heavy atom. The number of rotatable bonds is 5. The number of aromatic amines is 1. The molecule has 0 fully saturated rings. The standard InChI is InChI=1S/C13H15NO3/c15-7-3-6-12-10(8-13(16)17)9-4-1-2-5-11(9)14-12/h1-2,4-5,14-15H,3,6-8H2,(H,16,17). The maximum absolute atomic E-state index is 10.9. The molecule has 0 bridgehead atoms. The molecule has 0 aliphatic heterocycles. The summed E-state index contributed by atoms with van der Waals surface area (Å²) in [5, 5.41) is 18.7. The molecule has 3 N–H and O–H groups in total. The van der Waals surface area contributed by atoms with Crippen LogP contribution in [-0.2, 0) is 17.6 Å². The van der Waals surface area contributed by atoms with E-state index in [1.807, 2.05) is 24.3 Å². The average molecular weight is 233 g/mol. The monoisotopic (exact) mass is 233 g/mol. The van der Waals surface area contributed by atoms with Crippen LogP contribution >= 0.6 is 0 Å². The van der Waals surface area contributed by atoms with E-state index in [-0.39, 0.29) is 13.0 Å². The van der Waals surface area contributed by atoms with Crippen molar-refractivity contribution in [3.8, 4) is 0 Å². The number of aryl methyl sites for hydroxylation is 1. The summed E-state index contributed by atoms with van der Waals surface area (Å²) >= 11 is 0. The summed E-state index contributed by atoms with van der Waals surface area (Å²) in [6, 6.07) is 7.67. The minimum Gasteiger partial charge on any atom is -0.481 e. The van der Waals surface area contributed by atoms with Gasteiger partial charge < -0.3 is 15.2 Å². The van der Waals surface area contributed by atoms with E-state index in [9.17, 15) is 4.79 Å². The first-order valence-corrected chi connectivity index (χ1v) is 5.63. The van der Waals surface area contributed by atoms with Crippen molar-refractivity contribution in [2.45, 2.75) is 19.3 Å². The number of para-hydroxylation sites is 1. The van der Waals surface area contributed by atoms with Crippen LogP contribution in [0.1, 0.15) is 17.7 Å². The molecule has 1 heterocycles. The van der Waals surface area contributed by atoms with E-state index in [0.717, 1.165) is 22.2 Å². The van der Waals surface area contributed by atoms with Crippen molar-refractivity contribution in [3.63, 3.8) is 0 Å². The first-order chi connectivity index (χ1) is 8.22. The third-order valence-corrected chi connectivity index (χ3v) is 2.81. The number of aliphatic carboxylic acids is 1. The predicted molar refractivity (Wildman–Crippen MR) is 65.0 cm³/mol. The number of carbonyl (C=O) groups is 1. The second-order valence-corrected chi connectivity index (χ2v) is 4.03. The molecular formula is C13H15NO3. The van der Waals surface area contributed by atoms with Gasteiger partial charge in [0.15, 0.2) is 0 Å². The highest BCUT2D eigenvalue weighted by Gasteiger charge is 2.13. The molecule has 0 radical (unpaired) electrons. The van der Waals surface area contributed by atoms with Crippen LogP contribution in [0.15, 0.2) is 24.3 Å². The molecule has 0 aliphatic rings. The van der Waals surface area contributed by atoms with Gasteiger partial charge in [0.25, 0.3) is 0 Å². The van der Waals surface area contributed by atoms with Crippen molar-refractivity contribution in [3.05, 3.63) is 35.5 Å². The number of hydrogen-bond donors (Lipinski definition) is 3. The zero-order valence-corrected chi connectivity index (χ0v) is 9.44. The lowest BCUT2D eigenvalue weighted by atomic mass is 10.1. The van der Waals surface area contributed by atoms with Crippen molar-refractivity contribution in [1.82, 2.24) is 4.98 Å². The number of aliphatic hydroxyl groups excluding tert-OH is 1. The van der Waals surface area contributed by atoms with Gasteiger partial charge in [-0.05, 0) is 24.5 Å². The number of aliphatic hydroxyl groups is 1. The van der Waals surface area contributed by atoms with Crippen LogP contribution in [-0.4, -0.2) is 27.8 Å². The fourth-order valence-corrected chi connectivity index (χ4v) is 2.08. The van der Waals surface area contributed by atoms with Crippen LogP contribution in [0.4, 0.5) is 0 Å². The van der Waals surface area contributed by atoms with E-state index in [2.05, 4.69) is 4.98 Å². The van der Waals surface area contributed by atoms with Gasteiger partial charge in [-0.1, -0.05) is 18.2 Å². The van der Waals surface area contributed by atoms with Gasteiger partial charge in [0.2, 0.25) is 0 Å². The zero-order valence-electron chi connectivity index (χ0n) is 9.44. The van der Waals surface area contributed by atoms with Gasteiger partial charge in [0, 0.05) is 23.2 Å². The first kappa shape index (κ1) is 11.7. The Balaban J connectivity index is 2.44. The minimum absolute atomic E-state index is 0.0186. The van der Waals surface area contributed by atoms with E-state index in [4.69, 9.17) is 10.2 Å². The van der Waals surface area contributed by atoms with Gasteiger partial charge in [-0.3, -0.25) is 4.79 Å². The minimum atomic E-state index is -0.833. The molecular weight excluding hydrogens is 218 g/mol. The lowest BCUT2D eigenvalue weighted by Crippen LogP contribution is -2.03. The second kappa shape index (κ2) is 5.01. The fraction of sp³-hybridized carbons (Fsp3) is 0.308. The van der Waals surface area contributed by atoms with E-state index in [1.165, 1.54) is 0 Å². The van der Waals surface area contributed by atoms with Gasteiger partial charge in [-0.25, -0.2) is 0 Å². The molecule has 2 rings (SSSR count). The normalized spacial score (nSPS) is 10.9. The summed E-state index contributed by atoms with van der Waals surface area (Å²) in [7, 11) is 0. The van der Waals surface area contributed by atoms with Crippen LogP contribution in [0.3, 0.4) is 0 Å². The average Bonchev–Trinajstić information content (AvgIpc) is 2.64. The Labute approximate surface area is 98.9 Å². The van der Waals surface area contributed by atoms with Crippen LogP contribution < -0.4 is 0 Å². The summed E-state index contributed by atoms with van der Waals surface area (Å²) < 4.78 is 0. The third-order valence-electron chi connectivity index (χ3n) is 2.81. The molecule has 90 valence electrons. The fourth-order valence-electron chi connectivity index (χ4n) is 2.08. The molecule has 0 amide bonds. The summed E-state index contributed by atoms with van der Waals surface area (Å²) in [5.41, 5.74) is 2.71. The number of carboxylic acids is 1. The maximum Gasteiger partial charge on any atom is 0.307 e. The zero-order chi connectivity index (χ0) is 12.3. The highest BCUT2D eigenvalue weighted by Crippen LogP contribution is 2.23. The van der Waals surface area contributed by atoms with E-state index in [1.54, 1.807) is 0 Å². The van der Waals surface area contributed by atoms with Crippen molar-refractivity contribution in [2.24, 2.45) is 0 Å². The SMILES string of the molecule is O=C(O)Cc1c(CCCO)[nH]c2ccccc12. The highest BCUT2D eigenvalue weighted by atomic mass is 16.4. The molecule has 0 saturated carbocycles. The smallest absolute Gasteiger partial charge is 0.307 e. The Hall–Kier alpha value is -1.81. The molecule has 2 aromatic rings. The Morgan fingerprint density at radius 2 is 2.06 bits per heavy atom. The van der Waals surface area contributed by atoms with Gasteiger partial charge in [0.05, 0.1) is 6.42 Å². The topological polar surface area (TPSA) is 73.3 Å². The van der Waals surface area contributed by atoms with Gasteiger partial charge in [0.1, 0.15) is 0 Å². The van der Waals surface area contributed by atoms with Crippen molar-refractivity contribution in [2.75, 3.05) is 6.61 Å². The number of benzene rings is 1. The third kappa shape index (κ3) is 2.47. The van der Waals surface area contributed by atoms with Gasteiger partial charge in [-0.2, -0.15) is 0 Å². The van der Waals surface area contributed by atoms with Crippen molar-refractivity contribution < 1.29 is 15.0 Å². The van der Waals surface area contributed by atoms with Crippen LogP contribution in [0.25, 0.3) is 10.9 Å². The molecule has 0 atom stereocenters. The van der Waals surface area contributed by atoms with E-state index in [0.29, 0.717) is 12.8 Å². The highest BCUT2D eigenvalue weighted by molar-refractivity contribution is 5.88. The molecule has 0 aliphatic carbocycles. The number of fused-ring (bicyclic) bond motifs is 1. The number of aromatic nitrogens is 1. The number of H-pyrrole nitrogens is 1. The van der Waals surface area contributed by atoms with Crippen LogP contribution in [0.2, 0.25) is 0 Å². The molecule has 0 unspecified atom stereocenters. The molecule has 17 heavy (non-hydrogen) atoms. The van der Waals surface area contributed by atoms with Crippen LogP contribution in [0.5, 0.6) is 0 Å². The largest absolute Gasteiger partial charge is 0.481 e. The quantitative estimate of drug-likeness (QED) is 0.736. The molecule has 0 saturated heterocycles. The second-order valence-electron chi connectivity index (χ2n) is 4.03. The summed E-state index contributed by atoms with van der Waals surface area (Å²) in [6.07, 6.45) is 1.33. The van der Waals surface area contributed by atoms with Gasteiger partial charge >= 0.3 is 5.97 Å². The van der Waals surface area contributed by atoms with E-state index < -0.39 is 5.97 Å². The molecule has 1 aromatic carbocycles. The Kier molecular flexibility index (Phi) is 3.44. The predicted octanol–water partition coefficient (Wildman–Crippen LogP) is 1.72. The molecule has 4 nitrogen and oxygen atoms in total. The first-order valence-electron chi connectivity index (χ1n) is 5.63. The maximum atomic E-state index is 10.9.